The Morgan fingerprint density at radius 2 is 1.61 bits per heavy atom. The molecule has 0 saturated heterocycles. The van der Waals surface area contributed by atoms with E-state index in [-0.39, 0.29) is 16.9 Å². The van der Waals surface area contributed by atoms with E-state index in [0.717, 1.165) is 12.5 Å². The lowest BCUT2D eigenvalue weighted by atomic mass is 9.41. The molecule has 3 aliphatic carbocycles. The summed E-state index contributed by atoms with van der Waals surface area (Å²) in [5.41, 5.74) is -6.04. The summed E-state index contributed by atoms with van der Waals surface area (Å²) in [6, 6.07) is 14.3. The smallest absolute Gasteiger partial charge is 0.209 e. The second kappa shape index (κ2) is 9.39. The molecule has 0 bridgehead atoms. The van der Waals surface area contributed by atoms with E-state index in [9.17, 15) is 39.9 Å². The van der Waals surface area contributed by atoms with Gasteiger partial charge >= 0.3 is 0 Å². The minimum absolute atomic E-state index is 0.0714. The lowest BCUT2D eigenvalue weighted by Crippen LogP contribution is -2.73. The number of Topliss-reactive ketones (excluding diaryl/α,β-unsaturated/α-hetero) is 3. The van der Waals surface area contributed by atoms with Crippen molar-refractivity contribution in [2.24, 2.45) is 22.7 Å². The number of aliphatic hydroxyl groups is 4. The molecule has 5 rings (SSSR count). The number of aliphatic hydroxyl groups excluding tert-OH is 3. The van der Waals surface area contributed by atoms with Crippen molar-refractivity contribution < 1.29 is 39.9 Å². The van der Waals surface area contributed by atoms with Gasteiger partial charge < -0.3 is 25.5 Å². The molecule has 2 aromatic rings. The second-order valence-electron chi connectivity index (χ2n) is 12.4. The molecule has 8 nitrogen and oxygen atoms in total. The van der Waals surface area contributed by atoms with Crippen molar-refractivity contribution in [1.29, 1.82) is 0 Å². The number of hydrogen-bond donors (Lipinski definition) is 5. The number of aryl methyl sites for hydroxylation is 1. The highest BCUT2D eigenvalue weighted by atomic mass is 16.4. The quantitative estimate of drug-likeness (QED) is 0.336. The largest absolute Gasteiger partial charge is 0.511 e. The number of carbonyl (C=O) groups is 3. The van der Waals surface area contributed by atoms with Gasteiger partial charge in [0.1, 0.15) is 22.8 Å². The summed E-state index contributed by atoms with van der Waals surface area (Å²) < 4.78 is 0. The summed E-state index contributed by atoms with van der Waals surface area (Å²) >= 11 is 0. The number of rotatable bonds is 5. The van der Waals surface area contributed by atoms with Crippen molar-refractivity contribution in [3.8, 4) is 5.75 Å². The van der Waals surface area contributed by atoms with E-state index in [1.54, 1.807) is 32.9 Å². The highest BCUT2D eigenvalue weighted by Crippen LogP contribution is 2.68. The minimum atomic E-state index is -2.90. The molecular weight excluding hydrogens is 524 g/mol. The molecule has 0 fully saturated rings. The molecule has 3 aliphatic rings. The first-order chi connectivity index (χ1) is 19.2. The molecule has 5 N–H and O–H groups in total. The number of fused-ring (bicyclic) bond motifs is 3. The Kier molecular flexibility index (Phi) is 6.59. The first kappa shape index (κ1) is 28.8. The van der Waals surface area contributed by atoms with Gasteiger partial charge in [-0.2, -0.15) is 0 Å². The number of phenolic OH excluding ortho intramolecular Hbond substituents is 1. The van der Waals surface area contributed by atoms with Crippen LogP contribution in [0.3, 0.4) is 0 Å². The maximum Gasteiger partial charge on any atom is 0.209 e. The Morgan fingerprint density at radius 3 is 2.20 bits per heavy atom. The molecular formula is C33H36O8. The Bertz CT molecular complexity index is 1540. The molecule has 1 unspecified atom stereocenters. The summed E-state index contributed by atoms with van der Waals surface area (Å²) in [6.07, 6.45) is -0.746. The molecule has 0 saturated carbocycles. The molecule has 2 aromatic carbocycles. The molecule has 6 atom stereocenters. The topological polar surface area (TPSA) is 152 Å². The predicted octanol–water partition coefficient (Wildman–Crippen LogP) is 4.49. The van der Waals surface area contributed by atoms with Gasteiger partial charge in [0.25, 0.3) is 0 Å². The van der Waals surface area contributed by atoms with Crippen molar-refractivity contribution in [2.75, 3.05) is 0 Å². The highest BCUT2D eigenvalue weighted by Gasteiger charge is 2.76. The summed E-state index contributed by atoms with van der Waals surface area (Å²) in [7, 11) is 0. The minimum Gasteiger partial charge on any atom is -0.511 e. The fourth-order valence-corrected chi connectivity index (χ4v) is 8.15. The molecule has 41 heavy (non-hydrogen) atoms. The van der Waals surface area contributed by atoms with E-state index >= 15 is 0 Å². The van der Waals surface area contributed by atoms with Crippen LogP contribution in [0.5, 0.6) is 5.75 Å². The van der Waals surface area contributed by atoms with Crippen LogP contribution < -0.4 is 0 Å². The van der Waals surface area contributed by atoms with Crippen LogP contribution in [0.4, 0.5) is 0 Å². The Labute approximate surface area is 238 Å². The average Bonchev–Trinajstić information content (AvgIpc) is 2.90. The van der Waals surface area contributed by atoms with Gasteiger partial charge in [-0.15, -0.1) is 0 Å². The van der Waals surface area contributed by atoms with Crippen LogP contribution in [0, 0.1) is 22.7 Å². The maximum absolute atomic E-state index is 14.1. The van der Waals surface area contributed by atoms with Crippen molar-refractivity contribution in [3.05, 3.63) is 87.9 Å². The van der Waals surface area contributed by atoms with Crippen LogP contribution in [-0.2, 0) is 16.0 Å². The standard InChI is InChI=1S/C33H36O8/c1-16(2)24-26(36)22(17(3)34)28(38)33(41)29(39)25-27(37)23-19(12-9-13-21(23)35)20(15-14-18-10-7-6-8-11-18)31(25,4)30(40)32(24,33)5/h6-13,16,20,24,30,35-36,39-41H,14-15H2,1-5H3/t20-,24?,30-,31+,32+,33+/m1/s1. The van der Waals surface area contributed by atoms with E-state index < -0.39 is 74.7 Å². The first-order valence-electron chi connectivity index (χ1n) is 13.9. The fraction of sp³-hybridized carbons (Fsp3) is 0.424. The number of benzene rings is 2. The lowest BCUT2D eigenvalue weighted by Gasteiger charge is -2.63. The Morgan fingerprint density at radius 1 is 0.976 bits per heavy atom. The van der Waals surface area contributed by atoms with E-state index in [0.29, 0.717) is 18.4 Å². The molecule has 0 aromatic heterocycles. The zero-order valence-electron chi connectivity index (χ0n) is 23.8. The first-order valence-corrected chi connectivity index (χ1v) is 13.9. The zero-order chi connectivity index (χ0) is 30.2. The summed E-state index contributed by atoms with van der Waals surface area (Å²) in [4.78, 5) is 40.6. The van der Waals surface area contributed by atoms with Crippen LogP contribution >= 0.6 is 0 Å². The van der Waals surface area contributed by atoms with Crippen LogP contribution in [-0.4, -0.2) is 54.6 Å². The maximum atomic E-state index is 14.1. The third-order valence-corrected chi connectivity index (χ3v) is 10.00. The Hall–Kier alpha value is -3.75. The van der Waals surface area contributed by atoms with Gasteiger partial charge in [0.05, 0.1) is 17.2 Å². The van der Waals surface area contributed by atoms with E-state index in [1.807, 2.05) is 30.3 Å². The van der Waals surface area contributed by atoms with Crippen LogP contribution in [0.2, 0.25) is 0 Å². The van der Waals surface area contributed by atoms with Crippen LogP contribution in [0.1, 0.15) is 68.4 Å². The van der Waals surface area contributed by atoms with E-state index in [2.05, 4.69) is 0 Å². The average molecular weight is 561 g/mol. The molecule has 216 valence electrons. The van der Waals surface area contributed by atoms with Crippen molar-refractivity contribution in [2.45, 2.75) is 65.1 Å². The van der Waals surface area contributed by atoms with Gasteiger partial charge in [-0.05, 0) is 48.8 Å². The van der Waals surface area contributed by atoms with Gasteiger partial charge in [-0.25, -0.2) is 0 Å². The third-order valence-electron chi connectivity index (χ3n) is 10.00. The number of ketones is 3. The predicted molar refractivity (Wildman–Crippen MR) is 150 cm³/mol. The van der Waals surface area contributed by atoms with Gasteiger partial charge in [0, 0.05) is 16.7 Å². The Balaban J connectivity index is 1.85. The number of carbonyl (C=O) groups excluding carboxylic acids is 3. The van der Waals surface area contributed by atoms with Gasteiger partial charge in [-0.3, -0.25) is 14.4 Å². The summed E-state index contributed by atoms with van der Waals surface area (Å²) in [5.74, 6) is -7.03. The highest BCUT2D eigenvalue weighted by molar-refractivity contribution is 6.25. The van der Waals surface area contributed by atoms with Crippen molar-refractivity contribution in [1.82, 2.24) is 0 Å². The third kappa shape index (κ3) is 3.50. The summed E-state index contributed by atoms with van der Waals surface area (Å²) in [6.45, 7) is 7.55. The number of phenols is 1. The van der Waals surface area contributed by atoms with Crippen molar-refractivity contribution in [3.63, 3.8) is 0 Å². The molecule has 0 heterocycles. The van der Waals surface area contributed by atoms with Gasteiger partial charge in [-0.1, -0.05) is 70.2 Å². The normalized spacial score (nSPS) is 33.0. The van der Waals surface area contributed by atoms with Crippen LogP contribution in [0.15, 0.2) is 71.2 Å². The summed E-state index contributed by atoms with van der Waals surface area (Å²) in [5, 5.41) is 58.8. The molecule has 8 heteroatoms. The van der Waals surface area contributed by atoms with Gasteiger partial charge in [0.2, 0.25) is 5.78 Å². The number of hydrogen-bond acceptors (Lipinski definition) is 8. The van der Waals surface area contributed by atoms with E-state index in [1.165, 1.54) is 13.0 Å². The molecule has 0 amide bonds. The molecule has 0 spiro atoms. The molecule has 0 aliphatic heterocycles. The van der Waals surface area contributed by atoms with Crippen molar-refractivity contribution >= 4 is 17.3 Å². The zero-order valence-corrected chi connectivity index (χ0v) is 23.8. The van der Waals surface area contributed by atoms with E-state index in [4.69, 9.17) is 0 Å². The van der Waals surface area contributed by atoms with Gasteiger partial charge in [0.15, 0.2) is 17.2 Å². The number of aromatic hydroxyl groups is 1. The fourth-order valence-electron chi connectivity index (χ4n) is 8.15. The lowest BCUT2D eigenvalue weighted by molar-refractivity contribution is -0.212. The molecule has 0 radical (unpaired) electrons. The second-order valence-corrected chi connectivity index (χ2v) is 12.4. The number of allylic oxidation sites excluding steroid dienone is 1. The monoisotopic (exact) mass is 560 g/mol. The SMILES string of the molecule is CC(=O)C1=C(O)C(C(C)C)[C@@]2(C)[C@H](O)[C@]3(C)C(=C(O)[C@@]2(O)C1=O)C(=O)c1c(O)cccc1[C@H]3CCc1ccccc1. The van der Waals surface area contributed by atoms with Crippen LogP contribution in [0.25, 0.3) is 0 Å².